The monoisotopic (exact) mass is 347 g/mol. The van der Waals surface area contributed by atoms with Gasteiger partial charge in [-0.3, -0.25) is 0 Å². The molecule has 0 aliphatic rings. The summed E-state index contributed by atoms with van der Waals surface area (Å²) in [6, 6.07) is 12.9. The van der Waals surface area contributed by atoms with E-state index in [1.54, 1.807) is 7.11 Å². The summed E-state index contributed by atoms with van der Waals surface area (Å²) in [5.41, 5.74) is 5.13. The van der Waals surface area contributed by atoms with Gasteiger partial charge in [0.1, 0.15) is 5.75 Å². The van der Waals surface area contributed by atoms with Crippen LogP contribution in [0.2, 0.25) is 0 Å². The van der Waals surface area contributed by atoms with E-state index >= 15 is 0 Å². The van der Waals surface area contributed by atoms with E-state index in [0.717, 1.165) is 16.8 Å². The Morgan fingerprint density at radius 1 is 1.10 bits per heavy atom. The first-order chi connectivity index (χ1) is 10.1. The first-order valence-electron chi connectivity index (χ1n) is 7.20. The molecule has 0 radical (unpaired) electrons. The molecule has 112 valence electrons. The van der Waals surface area contributed by atoms with Crippen LogP contribution in [0.15, 0.2) is 40.9 Å². The molecule has 0 saturated heterocycles. The summed E-state index contributed by atoms with van der Waals surface area (Å²) < 4.78 is 6.35. The Morgan fingerprint density at radius 2 is 1.86 bits per heavy atom. The number of aryl methyl sites for hydroxylation is 2. The lowest BCUT2D eigenvalue weighted by molar-refractivity contribution is 0.414. The van der Waals surface area contributed by atoms with Crippen molar-refractivity contribution in [1.29, 1.82) is 0 Å². The van der Waals surface area contributed by atoms with Gasteiger partial charge in [0, 0.05) is 4.47 Å². The number of rotatable bonds is 5. The molecular weight excluding hydrogens is 326 g/mol. The average molecular weight is 348 g/mol. The quantitative estimate of drug-likeness (QED) is 0.840. The van der Waals surface area contributed by atoms with Crippen molar-refractivity contribution >= 4 is 15.9 Å². The third-order valence-corrected chi connectivity index (χ3v) is 4.36. The van der Waals surface area contributed by atoms with Gasteiger partial charge >= 0.3 is 0 Å². The van der Waals surface area contributed by atoms with E-state index in [0.29, 0.717) is 0 Å². The van der Waals surface area contributed by atoms with Crippen molar-refractivity contribution < 1.29 is 4.74 Å². The molecule has 2 nitrogen and oxygen atoms in total. The van der Waals surface area contributed by atoms with Crippen molar-refractivity contribution in [3.63, 3.8) is 0 Å². The van der Waals surface area contributed by atoms with Crippen molar-refractivity contribution in [2.24, 2.45) is 0 Å². The second-order valence-corrected chi connectivity index (χ2v) is 6.09. The minimum atomic E-state index is 0.176. The van der Waals surface area contributed by atoms with Gasteiger partial charge in [0.05, 0.1) is 13.2 Å². The third kappa shape index (κ3) is 3.66. The molecule has 0 aliphatic heterocycles. The topological polar surface area (TPSA) is 21.3 Å². The van der Waals surface area contributed by atoms with E-state index in [2.05, 4.69) is 66.3 Å². The summed E-state index contributed by atoms with van der Waals surface area (Å²) in [7, 11) is 1.69. The molecule has 1 N–H and O–H groups in total. The minimum absolute atomic E-state index is 0.176. The lowest BCUT2D eigenvalue weighted by atomic mass is 9.93. The molecule has 2 aromatic rings. The number of ether oxygens (including phenoxy) is 1. The maximum Gasteiger partial charge on any atom is 0.120 e. The first kappa shape index (κ1) is 16.1. The zero-order chi connectivity index (χ0) is 15.4. The van der Waals surface area contributed by atoms with E-state index in [1.807, 2.05) is 12.1 Å². The van der Waals surface area contributed by atoms with Gasteiger partial charge in [0.15, 0.2) is 0 Å². The molecule has 2 rings (SSSR count). The van der Waals surface area contributed by atoms with Crippen LogP contribution in [-0.4, -0.2) is 13.7 Å². The van der Waals surface area contributed by atoms with Crippen molar-refractivity contribution in [3.8, 4) is 5.75 Å². The van der Waals surface area contributed by atoms with Gasteiger partial charge in [-0.25, -0.2) is 0 Å². The van der Waals surface area contributed by atoms with E-state index in [-0.39, 0.29) is 6.04 Å². The van der Waals surface area contributed by atoms with Crippen LogP contribution in [0, 0.1) is 13.8 Å². The van der Waals surface area contributed by atoms with Crippen LogP contribution in [0.5, 0.6) is 5.75 Å². The Hall–Kier alpha value is -1.32. The molecule has 0 fully saturated rings. The average Bonchev–Trinajstić information content (AvgIpc) is 2.48. The fourth-order valence-electron chi connectivity index (χ4n) is 2.53. The van der Waals surface area contributed by atoms with Crippen LogP contribution in [0.1, 0.15) is 35.2 Å². The fourth-order valence-corrected chi connectivity index (χ4v) is 3.12. The highest BCUT2D eigenvalue weighted by Gasteiger charge is 2.18. The normalized spacial score (nSPS) is 12.2. The molecule has 2 aromatic carbocycles. The molecule has 1 unspecified atom stereocenters. The number of hydrogen-bond donors (Lipinski definition) is 1. The van der Waals surface area contributed by atoms with Crippen LogP contribution in [0.25, 0.3) is 0 Å². The highest BCUT2D eigenvalue weighted by molar-refractivity contribution is 9.10. The Bertz CT molecular complexity index is 625. The summed E-state index contributed by atoms with van der Waals surface area (Å²) in [6.07, 6.45) is 0. The summed E-state index contributed by atoms with van der Waals surface area (Å²) in [5.74, 6) is 0.863. The third-order valence-electron chi connectivity index (χ3n) is 3.67. The standard InChI is InChI=1S/C18H22BrNO/c1-5-20-18(16-10-12(2)6-7-13(16)3)15-9-8-14(21-4)11-17(15)19/h6-11,18,20H,5H2,1-4H3. The molecule has 3 heteroatoms. The maximum absolute atomic E-state index is 5.29. The largest absolute Gasteiger partial charge is 0.497 e. The van der Waals surface area contributed by atoms with Gasteiger partial charge in [0.2, 0.25) is 0 Å². The number of benzene rings is 2. The molecule has 0 amide bonds. The molecule has 0 saturated carbocycles. The molecular formula is C18H22BrNO. The summed E-state index contributed by atoms with van der Waals surface area (Å²) in [6.45, 7) is 7.34. The predicted molar refractivity (Wildman–Crippen MR) is 92.1 cm³/mol. The van der Waals surface area contributed by atoms with E-state index in [1.165, 1.54) is 22.3 Å². The van der Waals surface area contributed by atoms with Gasteiger partial charge in [-0.1, -0.05) is 52.7 Å². The zero-order valence-corrected chi connectivity index (χ0v) is 14.6. The van der Waals surface area contributed by atoms with Gasteiger partial charge in [-0.2, -0.15) is 0 Å². The Morgan fingerprint density at radius 3 is 2.48 bits per heavy atom. The molecule has 0 aromatic heterocycles. The van der Waals surface area contributed by atoms with E-state index in [4.69, 9.17) is 4.74 Å². The molecule has 1 atom stereocenters. The highest BCUT2D eigenvalue weighted by atomic mass is 79.9. The number of nitrogens with one attached hydrogen (secondary N) is 1. The predicted octanol–water partition coefficient (Wildman–Crippen LogP) is 4.77. The number of hydrogen-bond acceptors (Lipinski definition) is 2. The van der Waals surface area contributed by atoms with Crippen molar-refractivity contribution in [1.82, 2.24) is 5.32 Å². The first-order valence-corrected chi connectivity index (χ1v) is 8.00. The second kappa shape index (κ2) is 7.10. The van der Waals surface area contributed by atoms with Gasteiger partial charge < -0.3 is 10.1 Å². The molecule has 0 bridgehead atoms. The summed E-state index contributed by atoms with van der Waals surface area (Å²) in [4.78, 5) is 0. The maximum atomic E-state index is 5.29. The highest BCUT2D eigenvalue weighted by Crippen LogP contribution is 2.33. The van der Waals surface area contributed by atoms with Crippen molar-refractivity contribution in [2.75, 3.05) is 13.7 Å². The van der Waals surface area contributed by atoms with Crippen LogP contribution in [0.4, 0.5) is 0 Å². The summed E-state index contributed by atoms with van der Waals surface area (Å²) in [5, 5.41) is 3.59. The van der Waals surface area contributed by atoms with Crippen LogP contribution in [0.3, 0.4) is 0 Å². The van der Waals surface area contributed by atoms with E-state index < -0.39 is 0 Å². The SMILES string of the molecule is CCNC(c1cc(C)ccc1C)c1ccc(OC)cc1Br. The lowest BCUT2D eigenvalue weighted by Crippen LogP contribution is -2.23. The van der Waals surface area contributed by atoms with Crippen LogP contribution in [-0.2, 0) is 0 Å². The minimum Gasteiger partial charge on any atom is -0.497 e. The van der Waals surface area contributed by atoms with E-state index in [9.17, 15) is 0 Å². The number of methoxy groups -OCH3 is 1. The van der Waals surface area contributed by atoms with Crippen molar-refractivity contribution in [3.05, 3.63) is 63.1 Å². The molecule has 0 aliphatic carbocycles. The Labute approximate surface area is 135 Å². The van der Waals surface area contributed by atoms with Crippen LogP contribution >= 0.6 is 15.9 Å². The number of halogens is 1. The molecule has 0 heterocycles. The smallest absolute Gasteiger partial charge is 0.120 e. The second-order valence-electron chi connectivity index (χ2n) is 5.24. The molecule has 21 heavy (non-hydrogen) atoms. The van der Waals surface area contributed by atoms with Gasteiger partial charge in [-0.05, 0) is 49.2 Å². The summed E-state index contributed by atoms with van der Waals surface area (Å²) >= 11 is 3.68. The van der Waals surface area contributed by atoms with Crippen molar-refractivity contribution in [2.45, 2.75) is 26.8 Å². The zero-order valence-electron chi connectivity index (χ0n) is 13.0. The fraction of sp³-hybridized carbons (Fsp3) is 0.333. The van der Waals surface area contributed by atoms with Crippen LogP contribution < -0.4 is 10.1 Å². The van der Waals surface area contributed by atoms with Gasteiger partial charge in [-0.15, -0.1) is 0 Å². The van der Waals surface area contributed by atoms with Gasteiger partial charge in [0.25, 0.3) is 0 Å². The Kier molecular flexibility index (Phi) is 5.43. The Balaban J connectivity index is 2.50. The lowest BCUT2D eigenvalue weighted by Gasteiger charge is -2.23. The molecule has 0 spiro atoms.